The Hall–Kier alpha value is -1.68. The Morgan fingerprint density at radius 3 is 2.88 bits per heavy atom. The van der Waals surface area contributed by atoms with Gasteiger partial charge in [0.15, 0.2) is 0 Å². The third-order valence-corrected chi connectivity index (χ3v) is 2.19. The number of aliphatic carboxylic acids is 1. The van der Waals surface area contributed by atoms with Crippen molar-refractivity contribution in [3.05, 3.63) is 41.7 Å². The predicted molar refractivity (Wildman–Crippen MR) is 60.3 cm³/mol. The van der Waals surface area contributed by atoms with Gasteiger partial charge in [-0.25, -0.2) is 4.39 Å². The fourth-order valence-electron chi connectivity index (χ4n) is 1.14. The minimum atomic E-state index is -1.29. The summed E-state index contributed by atoms with van der Waals surface area (Å²) in [6.45, 7) is 1.44. The Morgan fingerprint density at radius 2 is 2.31 bits per heavy atom. The monoisotopic (exact) mass is 223 g/mol. The van der Waals surface area contributed by atoms with Crippen LogP contribution < -0.4 is 5.73 Å². The lowest BCUT2D eigenvalue weighted by Gasteiger charge is -2.16. The molecule has 0 aromatic heterocycles. The molecule has 0 aliphatic rings. The van der Waals surface area contributed by atoms with Gasteiger partial charge in [0.1, 0.15) is 11.4 Å². The molecule has 0 fully saturated rings. The molecular weight excluding hydrogens is 209 g/mol. The zero-order valence-electron chi connectivity index (χ0n) is 8.98. The van der Waals surface area contributed by atoms with Gasteiger partial charge in [-0.15, -0.1) is 0 Å². The van der Waals surface area contributed by atoms with Crippen LogP contribution in [0.3, 0.4) is 0 Å². The summed E-state index contributed by atoms with van der Waals surface area (Å²) in [5.41, 5.74) is 4.92. The lowest BCUT2D eigenvalue weighted by Crippen LogP contribution is -2.44. The average Bonchev–Trinajstić information content (AvgIpc) is 2.17. The Balaban J connectivity index is 2.65. The molecule has 86 valence electrons. The van der Waals surface area contributed by atoms with Gasteiger partial charge in [0.2, 0.25) is 0 Å². The van der Waals surface area contributed by atoms with Crippen LogP contribution in [0.15, 0.2) is 30.3 Å². The van der Waals surface area contributed by atoms with E-state index in [1.54, 1.807) is 24.3 Å². The third-order valence-electron chi connectivity index (χ3n) is 2.19. The van der Waals surface area contributed by atoms with Crippen molar-refractivity contribution < 1.29 is 14.3 Å². The van der Waals surface area contributed by atoms with Crippen molar-refractivity contribution in [1.29, 1.82) is 0 Å². The number of rotatable bonds is 4. The number of benzene rings is 1. The van der Waals surface area contributed by atoms with Gasteiger partial charge in [-0.05, 0) is 31.0 Å². The maximum Gasteiger partial charge on any atom is 0.323 e. The topological polar surface area (TPSA) is 63.3 Å². The molecule has 0 saturated carbocycles. The van der Waals surface area contributed by atoms with Crippen LogP contribution in [0.2, 0.25) is 0 Å². The second-order valence-electron chi connectivity index (χ2n) is 3.88. The van der Waals surface area contributed by atoms with Gasteiger partial charge in [0, 0.05) is 0 Å². The molecular formula is C12H14FNO2. The molecule has 16 heavy (non-hydrogen) atoms. The fourth-order valence-corrected chi connectivity index (χ4v) is 1.14. The molecule has 0 aliphatic heterocycles. The first-order valence-electron chi connectivity index (χ1n) is 4.86. The third kappa shape index (κ3) is 3.47. The SMILES string of the molecule is C[C@](N)(C/C=C/c1cccc(F)c1)C(=O)O. The minimum Gasteiger partial charge on any atom is -0.480 e. The maximum absolute atomic E-state index is 12.8. The Morgan fingerprint density at radius 1 is 1.62 bits per heavy atom. The quantitative estimate of drug-likeness (QED) is 0.820. The first-order valence-corrected chi connectivity index (χ1v) is 4.86. The van der Waals surface area contributed by atoms with Crippen molar-refractivity contribution in [2.24, 2.45) is 5.73 Å². The average molecular weight is 223 g/mol. The second kappa shape index (κ2) is 4.90. The Labute approximate surface area is 93.4 Å². The van der Waals surface area contributed by atoms with Crippen molar-refractivity contribution in [3.8, 4) is 0 Å². The van der Waals surface area contributed by atoms with Crippen LogP contribution in [0.1, 0.15) is 18.9 Å². The summed E-state index contributed by atoms with van der Waals surface area (Å²) in [6.07, 6.45) is 3.47. The summed E-state index contributed by atoms with van der Waals surface area (Å²) in [4.78, 5) is 10.7. The largest absolute Gasteiger partial charge is 0.480 e. The van der Waals surface area contributed by atoms with E-state index in [4.69, 9.17) is 10.8 Å². The molecule has 0 aliphatic carbocycles. The number of hydrogen-bond donors (Lipinski definition) is 2. The van der Waals surface area contributed by atoms with Crippen molar-refractivity contribution in [2.45, 2.75) is 18.9 Å². The van der Waals surface area contributed by atoms with E-state index in [1.165, 1.54) is 19.1 Å². The van der Waals surface area contributed by atoms with Crippen LogP contribution in [-0.2, 0) is 4.79 Å². The van der Waals surface area contributed by atoms with Crippen LogP contribution in [0.4, 0.5) is 4.39 Å². The summed E-state index contributed by atoms with van der Waals surface area (Å²) in [7, 11) is 0. The highest BCUT2D eigenvalue weighted by molar-refractivity contribution is 5.78. The van der Waals surface area contributed by atoms with E-state index < -0.39 is 11.5 Å². The molecule has 0 spiro atoms. The van der Waals surface area contributed by atoms with Crippen LogP contribution in [0.25, 0.3) is 6.08 Å². The fraction of sp³-hybridized carbons (Fsp3) is 0.250. The predicted octanol–water partition coefficient (Wildman–Crippen LogP) is 2.03. The minimum absolute atomic E-state index is 0.193. The van der Waals surface area contributed by atoms with Gasteiger partial charge in [-0.1, -0.05) is 24.3 Å². The van der Waals surface area contributed by atoms with Gasteiger partial charge in [0.05, 0.1) is 0 Å². The van der Waals surface area contributed by atoms with Crippen molar-refractivity contribution in [3.63, 3.8) is 0 Å². The van der Waals surface area contributed by atoms with Gasteiger partial charge in [-0.2, -0.15) is 0 Å². The van der Waals surface area contributed by atoms with Crippen LogP contribution in [0.5, 0.6) is 0 Å². The highest BCUT2D eigenvalue weighted by atomic mass is 19.1. The first-order chi connectivity index (χ1) is 7.42. The van der Waals surface area contributed by atoms with Crippen LogP contribution in [0, 0.1) is 5.82 Å². The number of carboxylic acids is 1. The molecule has 3 nitrogen and oxygen atoms in total. The maximum atomic E-state index is 12.8. The highest BCUT2D eigenvalue weighted by Gasteiger charge is 2.25. The van der Waals surface area contributed by atoms with Gasteiger partial charge < -0.3 is 10.8 Å². The number of halogens is 1. The number of nitrogens with two attached hydrogens (primary N) is 1. The zero-order chi connectivity index (χ0) is 12.2. The second-order valence-corrected chi connectivity index (χ2v) is 3.88. The lowest BCUT2D eigenvalue weighted by atomic mass is 9.99. The van der Waals surface area contributed by atoms with Crippen molar-refractivity contribution in [2.75, 3.05) is 0 Å². The number of carboxylic acid groups (broad SMARTS) is 1. The smallest absolute Gasteiger partial charge is 0.323 e. The first kappa shape index (κ1) is 12.4. The van der Waals surface area contributed by atoms with Gasteiger partial charge in [0.25, 0.3) is 0 Å². The Bertz CT molecular complexity index is 413. The summed E-state index contributed by atoms with van der Waals surface area (Å²) < 4.78 is 12.8. The Kier molecular flexibility index (Phi) is 3.79. The number of carbonyl (C=O) groups is 1. The standard InChI is InChI=1S/C12H14FNO2/c1-12(14,11(15)16)7-3-5-9-4-2-6-10(13)8-9/h2-6,8H,7,14H2,1H3,(H,15,16)/b5-3+/t12-/m0/s1. The lowest BCUT2D eigenvalue weighted by molar-refractivity contribution is -0.142. The van der Waals surface area contributed by atoms with E-state index >= 15 is 0 Å². The summed E-state index contributed by atoms with van der Waals surface area (Å²) in [5, 5.41) is 8.76. The summed E-state index contributed by atoms with van der Waals surface area (Å²) in [6, 6.07) is 6.04. The molecule has 0 bridgehead atoms. The van der Waals surface area contributed by atoms with Crippen molar-refractivity contribution >= 4 is 12.0 Å². The molecule has 1 aromatic rings. The number of hydrogen-bond acceptors (Lipinski definition) is 2. The van der Waals surface area contributed by atoms with E-state index in [2.05, 4.69) is 0 Å². The normalized spacial score (nSPS) is 14.9. The molecule has 1 rings (SSSR count). The molecule has 1 aromatic carbocycles. The van der Waals surface area contributed by atoms with E-state index in [1.807, 2.05) is 0 Å². The van der Waals surface area contributed by atoms with E-state index in [-0.39, 0.29) is 12.2 Å². The van der Waals surface area contributed by atoms with E-state index in [0.717, 1.165) is 0 Å². The van der Waals surface area contributed by atoms with Crippen LogP contribution in [-0.4, -0.2) is 16.6 Å². The van der Waals surface area contributed by atoms with Gasteiger partial charge in [-0.3, -0.25) is 4.79 Å². The zero-order valence-corrected chi connectivity index (χ0v) is 8.98. The van der Waals surface area contributed by atoms with E-state index in [9.17, 15) is 9.18 Å². The van der Waals surface area contributed by atoms with Crippen molar-refractivity contribution in [1.82, 2.24) is 0 Å². The molecule has 3 N–H and O–H groups in total. The highest BCUT2D eigenvalue weighted by Crippen LogP contribution is 2.10. The molecule has 4 heteroatoms. The summed E-state index contributed by atoms with van der Waals surface area (Å²) in [5.74, 6) is -1.38. The molecule has 1 atom stereocenters. The molecule has 0 unspecified atom stereocenters. The molecule has 0 radical (unpaired) electrons. The van der Waals surface area contributed by atoms with Gasteiger partial charge >= 0.3 is 5.97 Å². The molecule has 0 saturated heterocycles. The molecule has 0 amide bonds. The molecule has 0 heterocycles. The van der Waals surface area contributed by atoms with Crippen LogP contribution >= 0.6 is 0 Å². The summed E-state index contributed by atoms with van der Waals surface area (Å²) >= 11 is 0. The van der Waals surface area contributed by atoms with E-state index in [0.29, 0.717) is 5.56 Å².